The van der Waals surface area contributed by atoms with E-state index < -0.39 is 0 Å². The van der Waals surface area contributed by atoms with E-state index >= 15 is 0 Å². The highest BCUT2D eigenvalue weighted by molar-refractivity contribution is 5.15. The molecule has 0 amide bonds. The monoisotopic (exact) mass is 235 g/mol. The molecule has 96 valence electrons. The number of hydrogen-bond donors (Lipinski definition) is 1. The second kappa shape index (κ2) is 6.70. The van der Waals surface area contributed by atoms with Gasteiger partial charge in [0.1, 0.15) is 5.82 Å². The molecule has 1 N–H and O–H groups in total. The van der Waals surface area contributed by atoms with Crippen molar-refractivity contribution in [2.24, 2.45) is 0 Å². The lowest BCUT2D eigenvalue weighted by molar-refractivity contribution is 0.431. The molecule has 0 radical (unpaired) electrons. The minimum Gasteiger partial charge on any atom is -0.313 e. The Balaban J connectivity index is 2.81. The summed E-state index contributed by atoms with van der Waals surface area (Å²) in [6.45, 7) is 11.7. The topological polar surface area (TPSA) is 37.8 Å². The first-order valence-corrected chi connectivity index (χ1v) is 6.64. The average Bonchev–Trinajstić information content (AvgIpc) is 2.28. The number of hydrogen-bond acceptors (Lipinski definition) is 3. The third kappa shape index (κ3) is 4.08. The zero-order valence-electron chi connectivity index (χ0n) is 11.7. The summed E-state index contributed by atoms with van der Waals surface area (Å²) in [6, 6.07) is 2.61. The van der Waals surface area contributed by atoms with Crippen molar-refractivity contribution in [2.45, 2.75) is 59.4 Å². The normalized spacial score (nSPS) is 14.6. The summed E-state index contributed by atoms with van der Waals surface area (Å²) in [5.74, 6) is 1.31. The third-order valence-corrected chi connectivity index (χ3v) is 3.15. The zero-order valence-corrected chi connectivity index (χ0v) is 11.7. The minimum absolute atomic E-state index is 0.437. The van der Waals surface area contributed by atoms with Crippen molar-refractivity contribution >= 4 is 0 Å². The number of aryl methyl sites for hydroxylation is 2. The highest BCUT2D eigenvalue weighted by Gasteiger charge is 2.18. The quantitative estimate of drug-likeness (QED) is 0.823. The van der Waals surface area contributed by atoms with Crippen molar-refractivity contribution in [2.75, 3.05) is 6.54 Å². The van der Waals surface area contributed by atoms with Crippen LogP contribution in [0.4, 0.5) is 0 Å². The first-order chi connectivity index (χ1) is 8.08. The van der Waals surface area contributed by atoms with E-state index in [1.54, 1.807) is 0 Å². The van der Waals surface area contributed by atoms with Gasteiger partial charge in [-0.3, -0.25) is 0 Å². The first-order valence-electron chi connectivity index (χ1n) is 6.64. The highest BCUT2D eigenvalue weighted by Crippen LogP contribution is 2.20. The second-order valence-electron chi connectivity index (χ2n) is 4.74. The summed E-state index contributed by atoms with van der Waals surface area (Å²) in [5, 5.41) is 3.60. The Labute approximate surface area is 105 Å². The molecule has 0 saturated carbocycles. The third-order valence-electron chi connectivity index (χ3n) is 3.15. The van der Waals surface area contributed by atoms with Crippen molar-refractivity contribution in [3.8, 4) is 0 Å². The summed E-state index contributed by atoms with van der Waals surface area (Å²) < 4.78 is 0. The predicted molar refractivity (Wildman–Crippen MR) is 72.3 cm³/mol. The fourth-order valence-corrected chi connectivity index (χ4v) is 2.19. The van der Waals surface area contributed by atoms with Crippen LogP contribution in [-0.4, -0.2) is 22.6 Å². The largest absolute Gasteiger partial charge is 0.313 e. The van der Waals surface area contributed by atoms with Crippen LogP contribution in [0.15, 0.2) is 6.07 Å². The summed E-state index contributed by atoms with van der Waals surface area (Å²) in [6.07, 6.45) is 2.30. The molecule has 0 aromatic carbocycles. The molecule has 1 aromatic heterocycles. The van der Waals surface area contributed by atoms with E-state index in [4.69, 9.17) is 0 Å². The maximum atomic E-state index is 4.56. The van der Waals surface area contributed by atoms with E-state index in [9.17, 15) is 0 Å². The van der Waals surface area contributed by atoms with Crippen LogP contribution in [0.2, 0.25) is 0 Å². The Bertz CT molecular complexity index is 329. The molecule has 0 fully saturated rings. The van der Waals surface area contributed by atoms with Crippen molar-refractivity contribution in [3.05, 3.63) is 23.3 Å². The molecule has 0 aliphatic heterocycles. The lowest BCUT2D eigenvalue weighted by Gasteiger charge is -2.24. The van der Waals surface area contributed by atoms with Crippen LogP contribution in [0.5, 0.6) is 0 Å². The standard InChI is InChI=1S/C14H25N3/c1-6-8-15-13(7-2)11(4)14-9-10(3)16-12(5)17-14/h9,11,13,15H,6-8H2,1-5H3. The van der Waals surface area contributed by atoms with Gasteiger partial charge in [0.25, 0.3) is 0 Å². The SMILES string of the molecule is CCCNC(CC)C(C)c1cc(C)nc(C)n1. The van der Waals surface area contributed by atoms with E-state index in [-0.39, 0.29) is 0 Å². The van der Waals surface area contributed by atoms with Crippen LogP contribution >= 0.6 is 0 Å². The van der Waals surface area contributed by atoms with Crippen LogP contribution < -0.4 is 5.32 Å². The van der Waals surface area contributed by atoms with Gasteiger partial charge in [-0.05, 0) is 39.3 Å². The van der Waals surface area contributed by atoms with Crippen LogP contribution in [0.3, 0.4) is 0 Å². The van der Waals surface area contributed by atoms with Crippen LogP contribution in [0.1, 0.15) is 56.7 Å². The van der Waals surface area contributed by atoms with E-state index in [0.717, 1.165) is 30.2 Å². The minimum atomic E-state index is 0.437. The molecule has 0 spiro atoms. The number of rotatable bonds is 6. The second-order valence-corrected chi connectivity index (χ2v) is 4.74. The van der Waals surface area contributed by atoms with Crippen molar-refractivity contribution in [1.82, 2.24) is 15.3 Å². The first kappa shape index (κ1) is 14.1. The molecule has 3 nitrogen and oxygen atoms in total. The fourth-order valence-electron chi connectivity index (χ4n) is 2.19. The Kier molecular flexibility index (Phi) is 5.56. The van der Waals surface area contributed by atoms with Gasteiger partial charge in [-0.1, -0.05) is 20.8 Å². The maximum Gasteiger partial charge on any atom is 0.125 e. The van der Waals surface area contributed by atoms with Crippen LogP contribution in [0, 0.1) is 13.8 Å². The molecule has 1 rings (SSSR count). The van der Waals surface area contributed by atoms with E-state index in [2.05, 4.69) is 42.1 Å². The smallest absolute Gasteiger partial charge is 0.125 e. The van der Waals surface area contributed by atoms with Gasteiger partial charge in [0, 0.05) is 23.3 Å². The molecule has 0 aliphatic carbocycles. The van der Waals surface area contributed by atoms with E-state index in [1.165, 1.54) is 6.42 Å². The number of nitrogens with one attached hydrogen (secondary N) is 1. The van der Waals surface area contributed by atoms with Crippen LogP contribution in [0.25, 0.3) is 0 Å². The van der Waals surface area contributed by atoms with Gasteiger partial charge in [0.05, 0.1) is 0 Å². The Morgan fingerprint density at radius 3 is 2.47 bits per heavy atom. The molecule has 3 heteroatoms. The van der Waals surface area contributed by atoms with Crippen molar-refractivity contribution in [3.63, 3.8) is 0 Å². The summed E-state index contributed by atoms with van der Waals surface area (Å²) in [4.78, 5) is 8.89. The molecular weight excluding hydrogens is 210 g/mol. The molecule has 2 atom stereocenters. The zero-order chi connectivity index (χ0) is 12.8. The van der Waals surface area contributed by atoms with E-state index in [1.807, 2.05) is 13.8 Å². The Morgan fingerprint density at radius 2 is 1.94 bits per heavy atom. The van der Waals surface area contributed by atoms with Gasteiger partial charge >= 0.3 is 0 Å². The lowest BCUT2D eigenvalue weighted by atomic mass is 9.95. The van der Waals surface area contributed by atoms with Gasteiger partial charge in [-0.15, -0.1) is 0 Å². The summed E-state index contributed by atoms with van der Waals surface area (Å²) in [5.41, 5.74) is 2.22. The Hall–Kier alpha value is -0.960. The molecule has 0 bridgehead atoms. The predicted octanol–water partition coefficient (Wildman–Crippen LogP) is 2.98. The maximum absolute atomic E-state index is 4.56. The van der Waals surface area contributed by atoms with Gasteiger partial charge in [-0.2, -0.15) is 0 Å². The molecule has 2 unspecified atom stereocenters. The Morgan fingerprint density at radius 1 is 1.24 bits per heavy atom. The molecule has 0 aliphatic rings. The summed E-state index contributed by atoms with van der Waals surface area (Å²) >= 11 is 0. The number of nitrogens with zero attached hydrogens (tertiary/aromatic N) is 2. The lowest BCUT2D eigenvalue weighted by Crippen LogP contribution is -2.34. The number of aromatic nitrogens is 2. The van der Waals surface area contributed by atoms with E-state index in [0.29, 0.717) is 12.0 Å². The highest BCUT2D eigenvalue weighted by atomic mass is 14.9. The van der Waals surface area contributed by atoms with Crippen LogP contribution in [-0.2, 0) is 0 Å². The molecule has 1 aromatic rings. The summed E-state index contributed by atoms with van der Waals surface area (Å²) in [7, 11) is 0. The molecule has 1 heterocycles. The molecule has 0 saturated heterocycles. The van der Waals surface area contributed by atoms with Crippen molar-refractivity contribution < 1.29 is 0 Å². The average molecular weight is 235 g/mol. The van der Waals surface area contributed by atoms with Gasteiger partial charge in [0.15, 0.2) is 0 Å². The fraction of sp³-hybridized carbons (Fsp3) is 0.714. The van der Waals surface area contributed by atoms with Gasteiger partial charge in [0.2, 0.25) is 0 Å². The van der Waals surface area contributed by atoms with Crippen molar-refractivity contribution in [1.29, 1.82) is 0 Å². The van der Waals surface area contributed by atoms with Gasteiger partial charge < -0.3 is 5.32 Å². The molecule has 17 heavy (non-hydrogen) atoms. The molecular formula is C14H25N3. The van der Waals surface area contributed by atoms with Gasteiger partial charge in [-0.25, -0.2) is 9.97 Å².